The molecule has 2 aromatic rings. The molecule has 0 spiro atoms. The molecule has 2 aliphatic rings. The maximum Gasteiger partial charge on any atom is 0.408 e. The molecule has 0 bridgehead atoms. The number of amides is 4. The van der Waals surface area contributed by atoms with E-state index in [1.165, 1.54) is 17.1 Å². The standard InChI is InChI=1S/C35H47N5O8S/c1-9-11-26(29(41)39-49(45,46)24-13-14-24)37-30(42)27-19-23(47-31-25-15-12-21(10-2)18-22(25)16-17-36-31)20-40(27)32(43)28(34(3,4)5)38-33(44)48-35(6,7)8/h9,11-12,15-18,23-24,27-28H,1,10,13-14,19-20H2,2-8H3,(H,37,42)(H,38,44)(H,39,41)/b26-11+/t23-,27+,28-/m1/s1. The third-order valence-corrected chi connectivity index (χ3v) is 9.91. The van der Waals surface area contributed by atoms with Gasteiger partial charge in [0, 0.05) is 18.0 Å². The van der Waals surface area contributed by atoms with Gasteiger partial charge in [-0.05, 0) is 74.6 Å². The Hall–Kier alpha value is -4.46. The molecule has 2 fully saturated rings. The first kappa shape index (κ1) is 37.4. The van der Waals surface area contributed by atoms with Crippen molar-refractivity contribution >= 4 is 44.6 Å². The zero-order chi connectivity index (χ0) is 36.3. The van der Waals surface area contributed by atoms with Crippen molar-refractivity contribution in [3.63, 3.8) is 0 Å². The summed E-state index contributed by atoms with van der Waals surface area (Å²) in [5, 5.41) is 6.19. The number of hydrogen-bond acceptors (Lipinski definition) is 9. The molecule has 3 atom stereocenters. The fourth-order valence-electron chi connectivity index (χ4n) is 5.44. The molecule has 49 heavy (non-hydrogen) atoms. The van der Waals surface area contributed by atoms with E-state index in [2.05, 4.69) is 29.1 Å². The van der Waals surface area contributed by atoms with Crippen molar-refractivity contribution in [2.75, 3.05) is 6.54 Å². The van der Waals surface area contributed by atoms with Gasteiger partial charge in [0.05, 0.1) is 11.8 Å². The van der Waals surface area contributed by atoms with Gasteiger partial charge in [-0.15, -0.1) is 0 Å². The number of hydrogen-bond donors (Lipinski definition) is 3. The molecule has 1 aromatic heterocycles. The SMILES string of the molecule is C=C/C=C(/NC(=O)[C@@H]1C[C@@H](Oc2nccc3cc(CC)ccc23)CN1C(=O)[C@@H](NC(=O)OC(C)(C)C)C(C)(C)C)C(=O)NS(=O)(=O)C1CC1. The van der Waals surface area contributed by atoms with E-state index in [1.807, 2.05) is 29.0 Å². The lowest BCUT2D eigenvalue weighted by Crippen LogP contribution is -2.58. The highest BCUT2D eigenvalue weighted by atomic mass is 32.2. The van der Waals surface area contributed by atoms with Crippen molar-refractivity contribution in [2.24, 2.45) is 5.41 Å². The van der Waals surface area contributed by atoms with E-state index < -0.39 is 68.3 Å². The molecular weight excluding hydrogens is 650 g/mol. The van der Waals surface area contributed by atoms with Crippen LogP contribution in [0.3, 0.4) is 0 Å². The zero-order valence-electron chi connectivity index (χ0n) is 29.2. The number of carbonyl (C=O) groups excluding carboxylic acids is 4. The topological polar surface area (TPSA) is 173 Å². The molecule has 266 valence electrons. The van der Waals surface area contributed by atoms with Crippen LogP contribution < -0.4 is 20.1 Å². The van der Waals surface area contributed by atoms with Crippen LogP contribution in [0.4, 0.5) is 4.79 Å². The molecule has 2 heterocycles. The van der Waals surface area contributed by atoms with Crippen LogP contribution in [0.2, 0.25) is 0 Å². The summed E-state index contributed by atoms with van der Waals surface area (Å²) < 4.78 is 38.7. The Labute approximate surface area is 287 Å². The summed E-state index contributed by atoms with van der Waals surface area (Å²) in [5.41, 5.74) is -0.854. The van der Waals surface area contributed by atoms with Crippen LogP contribution in [-0.4, -0.2) is 77.7 Å². The largest absolute Gasteiger partial charge is 0.472 e. The average molecular weight is 698 g/mol. The van der Waals surface area contributed by atoms with E-state index >= 15 is 0 Å². The van der Waals surface area contributed by atoms with E-state index in [-0.39, 0.29) is 18.7 Å². The number of aromatic nitrogens is 1. The number of nitrogens with zero attached hydrogens (tertiary/aromatic N) is 2. The monoisotopic (exact) mass is 697 g/mol. The minimum atomic E-state index is -3.92. The Morgan fingerprint density at radius 1 is 1.10 bits per heavy atom. The second-order valence-electron chi connectivity index (χ2n) is 14.4. The summed E-state index contributed by atoms with van der Waals surface area (Å²) in [6, 6.07) is 5.53. The van der Waals surface area contributed by atoms with Gasteiger partial charge < -0.3 is 25.0 Å². The number of carbonyl (C=O) groups is 4. The number of fused-ring (bicyclic) bond motifs is 1. The number of rotatable bonds is 11. The van der Waals surface area contributed by atoms with Gasteiger partial charge in [-0.3, -0.25) is 14.4 Å². The van der Waals surface area contributed by atoms with Crippen LogP contribution in [0, 0.1) is 5.41 Å². The van der Waals surface area contributed by atoms with Crippen molar-refractivity contribution < 1.29 is 37.1 Å². The Bertz CT molecular complexity index is 1750. The third kappa shape index (κ3) is 9.58. The number of nitrogens with one attached hydrogen (secondary N) is 3. The van der Waals surface area contributed by atoms with Crippen LogP contribution in [-0.2, 0) is 35.6 Å². The quantitative estimate of drug-likeness (QED) is 0.233. The molecule has 14 heteroatoms. The van der Waals surface area contributed by atoms with Crippen molar-refractivity contribution in [2.45, 2.75) is 103 Å². The lowest BCUT2D eigenvalue weighted by molar-refractivity contribution is -0.142. The number of benzene rings is 1. The average Bonchev–Trinajstić information content (AvgIpc) is 3.79. The maximum absolute atomic E-state index is 14.3. The molecule has 1 aromatic carbocycles. The number of likely N-dealkylation sites (tertiary alicyclic amines) is 1. The van der Waals surface area contributed by atoms with Crippen LogP contribution >= 0.6 is 0 Å². The highest BCUT2D eigenvalue weighted by Crippen LogP contribution is 2.31. The number of sulfonamides is 1. The van der Waals surface area contributed by atoms with Gasteiger partial charge in [0.1, 0.15) is 29.5 Å². The van der Waals surface area contributed by atoms with Gasteiger partial charge in [0.2, 0.25) is 27.7 Å². The highest BCUT2D eigenvalue weighted by molar-refractivity contribution is 7.91. The molecule has 1 aliphatic carbocycles. The van der Waals surface area contributed by atoms with Crippen molar-refractivity contribution in [3.8, 4) is 5.88 Å². The van der Waals surface area contributed by atoms with Crippen LogP contribution in [0.15, 0.2) is 54.9 Å². The first-order valence-corrected chi connectivity index (χ1v) is 17.9. The summed E-state index contributed by atoms with van der Waals surface area (Å²) in [4.78, 5) is 59.8. The summed E-state index contributed by atoms with van der Waals surface area (Å²) in [5.74, 6) is -2.03. The van der Waals surface area contributed by atoms with Gasteiger partial charge in [0.15, 0.2) is 0 Å². The van der Waals surface area contributed by atoms with Crippen LogP contribution in [0.5, 0.6) is 5.88 Å². The van der Waals surface area contributed by atoms with Crippen LogP contribution in [0.25, 0.3) is 10.8 Å². The molecule has 4 rings (SSSR count). The van der Waals surface area contributed by atoms with Gasteiger partial charge >= 0.3 is 6.09 Å². The first-order valence-electron chi connectivity index (χ1n) is 16.4. The van der Waals surface area contributed by atoms with Gasteiger partial charge in [0.25, 0.3) is 5.91 Å². The molecule has 0 unspecified atom stereocenters. The summed E-state index contributed by atoms with van der Waals surface area (Å²) in [6.45, 7) is 16.0. The predicted molar refractivity (Wildman–Crippen MR) is 185 cm³/mol. The van der Waals surface area contributed by atoms with Crippen molar-refractivity contribution in [1.29, 1.82) is 0 Å². The van der Waals surface area contributed by atoms with E-state index in [0.717, 1.165) is 22.8 Å². The fraction of sp³-hybridized carbons (Fsp3) is 0.514. The molecular formula is C35H47N5O8S. The Morgan fingerprint density at radius 2 is 1.80 bits per heavy atom. The van der Waals surface area contributed by atoms with Gasteiger partial charge in [-0.25, -0.2) is 22.9 Å². The Morgan fingerprint density at radius 3 is 2.39 bits per heavy atom. The van der Waals surface area contributed by atoms with Crippen molar-refractivity contribution in [3.05, 3.63) is 60.5 Å². The van der Waals surface area contributed by atoms with E-state index in [9.17, 15) is 27.6 Å². The van der Waals surface area contributed by atoms with Gasteiger partial charge in [-0.2, -0.15) is 0 Å². The summed E-state index contributed by atoms with van der Waals surface area (Å²) in [7, 11) is -3.92. The maximum atomic E-state index is 14.3. The second-order valence-corrected chi connectivity index (χ2v) is 16.4. The predicted octanol–water partition coefficient (Wildman–Crippen LogP) is 3.88. The number of alkyl carbamates (subject to hydrolysis) is 1. The smallest absolute Gasteiger partial charge is 0.408 e. The molecule has 0 radical (unpaired) electrons. The van der Waals surface area contributed by atoms with E-state index in [4.69, 9.17) is 9.47 Å². The minimum Gasteiger partial charge on any atom is -0.472 e. The minimum absolute atomic E-state index is 0.00927. The normalized spacial score (nSPS) is 19.2. The molecule has 4 amide bonds. The van der Waals surface area contributed by atoms with Crippen molar-refractivity contribution in [1.82, 2.24) is 25.2 Å². The van der Waals surface area contributed by atoms with Gasteiger partial charge in [-0.1, -0.05) is 52.5 Å². The first-order chi connectivity index (χ1) is 22.8. The second kappa shape index (κ2) is 14.6. The highest BCUT2D eigenvalue weighted by Gasteiger charge is 2.47. The lowest BCUT2D eigenvalue weighted by atomic mass is 9.85. The number of aryl methyl sites for hydroxylation is 1. The fourth-order valence-corrected chi connectivity index (χ4v) is 6.73. The Kier molecular flexibility index (Phi) is 11.1. The number of ether oxygens (including phenoxy) is 2. The number of allylic oxidation sites excluding steroid dienone is 2. The zero-order valence-corrected chi connectivity index (χ0v) is 30.0. The summed E-state index contributed by atoms with van der Waals surface area (Å²) in [6.07, 6.45) is 4.27. The summed E-state index contributed by atoms with van der Waals surface area (Å²) >= 11 is 0. The van der Waals surface area contributed by atoms with Crippen LogP contribution in [0.1, 0.15) is 73.3 Å². The molecule has 1 saturated heterocycles. The van der Waals surface area contributed by atoms with E-state index in [0.29, 0.717) is 18.7 Å². The molecule has 3 N–H and O–H groups in total. The third-order valence-electron chi connectivity index (χ3n) is 8.09. The Balaban J connectivity index is 1.65. The molecule has 13 nitrogen and oxygen atoms in total. The molecule has 1 aliphatic heterocycles. The number of pyridine rings is 1. The molecule has 1 saturated carbocycles. The van der Waals surface area contributed by atoms with E-state index in [1.54, 1.807) is 47.7 Å². The lowest BCUT2D eigenvalue weighted by Gasteiger charge is -2.35.